The molecule has 0 atom stereocenters. The van der Waals surface area contributed by atoms with Gasteiger partial charge in [-0.25, -0.2) is 9.97 Å². The Kier molecular flexibility index (Phi) is 7.89. The average Bonchev–Trinajstić information content (AvgIpc) is 3.33. The predicted octanol–water partition coefficient (Wildman–Crippen LogP) is 6.04. The second kappa shape index (κ2) is 11.2. The van der Waals surface area contributed by atoms with Crippen LogP contribution in [-0.2, 0) is 19.4 Å². The summed E-state index contributed by atoms with van der Waals surface area (Å²) in [7, 11) is 0. The number of aromatic hydroxyl groups is 1. The minimum absolute atomic E-state index is 0.313. The molecule has 3 aromatic rings. The van der Waals surface area contributed by atoms with Gasteiger partial charge in [0.25, 0.3) is 0 Å². The zero-order chi connectivity index (χ0) is 22.2. The highest BCUT2D eigenvalue weighted by Gasteiger charge is 2.18. The van der Waals surface area contributed by atoms with E-state index in [9.17, 15) is 5.11 Å². The molecule has 1 N–H and O–H groups in total. The van der Waals surface area contributed by atoms with E-state index in [1.165, 1.54) is 48.9 Å². The second-order valence-corrected chi connectivity index (χ2v) is 9.06. The molecule has 1 aromatic heterocycles. The fraction of sp³-hybridized carbons (Fsp3) is 0.429. The maximum Gasteiger partial charge on any atom is 0.128 e. The van der Waals surface area contributed by atoms with E-state index in [-0.39, 0.29) is 0 Å². The molecule has 0 saturated heterocycles. The summed E-state index contributed by atoms with van der Waals surface area (Å²) in [4.78, 5) is 11.9. The summed E-state index contributed by atoms with van der Waals surface area (Å²) in [5, 5.41) is 9.42. The van der Waals surface area contributed by atoms with Crippen LogP contribution in [0.3, 0.4) is 0 Å². The summed E-state index contributed by atoms with van der Waals surface area (Å²) in [6.07, 6.45) is 10.3. The summed E-state index contributed by atoms with van der Waals surface area (Å²) in [6, 6.07) is 18.3. The lowest BCUT2D eigenvalue weighted by Gasteiger charge is -2.24. The minimum atomic E-state index is 0.313. The summed E-state index contributed by atoms with van der Waals surface area (Å²) in [6.45, 7) is 5.60. The van der Waals surface area contributed by atoms with E-state index in [1.807, 2.05) is 24.4 Å². The zero-order valence-electron chi connectivity index (χ0n) is 19.2. The van der Waals surface area contributed by atoms with E-state index in [0.29, 0.717) is 5.75 Å². The number of nitrogens with zero attached hydrogens (tertiary/aromatic N) is 3. The fourth-order valence-electron chi connectivity index (χ4n) is 4.74. The maximum atomic E-state index is 9.42. The molecule has 1 aliphatic carbocycles. The highest BCUT2D eigenvalue weighted by molar-refractivity contribution is 5.59. The van der Waals surface area contributed by atoms with E-state index in [4.69, 9.17) is 4.98 Å². The third kappa shape index (κ3) is 6.39. The van der Waals surface area contributed by atoms with Crippen molar-refractivity contribution in [3.8, 4) is 17.0 Å². The first-order valence-corrected chi connectivity index (χ1v) is 12.1. The van der Waals surface area contributed by atoms with Crippen LogP contribution in [0.25, 0.3) is 11.3 Å². The molecule has 0 unspecified atom stereocenters. The molecule has 1 fully saturated rings. The quantitative estimate of drug-likeness (QED) is 0.427. The van der Waals surface area contributed by atoms with Crippen molar-refractivity contribution >= 4 is 0 Å². The predicted molar refractivity (Wildman–Crippen MR) is 131 cm³/mol. The van der Waals surface area contributed by atoms with Crippen LogP contribution in [0, 0.1) is 5.92 Å². The van der Waals surface area contributed by atoms with Crippen molar-refractivity contribution in [2.45, 2.75) is 58.4 Å². The van der Waals surface area contributed by atoms with Gasteiger partial charge in [0.1, 0.15) is 11.6 Å². The monoisotopic (exact) mass is 429 g/mol. The Morgan fingerprint density at radius 1 is 0.969 bits per heavy atom. The van der Waals surface area contributed by atoms with E-state index in [0.717, 1.165) is 49.8 Å². The van der Waals surface area contributed by atoms with Gasteiger partial charge in [-0.1, -0.05) is 50.1 Å². The number of hydrogen-bond donors (Lipinski definition) is 1. The first-order valence-electron chi connectivity index (χ1n) is 12.1. The molecular weight excluding hydrogens is 394 g/mol. The Balaban J connectivity index is 1.37. The Morgan fingerprint density at radius 2 is 1.78 bits per heavy atom. The normalized spacial score (nSPS) is 14.3. The number of aromatic nitrogens is 2. The fourth-order valence-corrected chi connectivity index (χ4v) is 4.74. The van der Waals surface area contributed by atoms with Gasteiger partial charge in [0, 0.05) is 31.3 Å². The van der Waals surface area contributed by atoms with E-state index < -0.39 is 0 Å². The Morgan fingerprint density at radius 3 is 2.56 bits per heavy atom. The van der Waals surface area contributed by atoms with Crippen LogP contribution < -0.4 is 0 Å². The Labute approximate surface area is 192 Å². The van der Waals surface area contributed by atoms with Crippen LogP contribution in [0.4, 0.5) is 0 Å². The van der Waals surface area contributed by atoms with Crippen molar-refractivity contribution in [1.82, 2.24) is 14.9 Å². The van der Waals surface area contributed by atoms with Gasteiger partial charge in [0.15, 0.2) is 0 Å². The van der Waals surface area contributed by atoms with Crippen LogP contribution >= 0.6 is 0 Å². The highest BCUT2D eigenvalue weighted by atomic mass is 16.3. The molecular formula is C28H35N3O. The van der Waals surface area contributed by atoms with Crippen LogP contribution in [0.15, 0.2) is 60.8 Å². The van der Waals surface area contributed by atoms with E-state index in [1.54, 1.807) is 12.1 Å². The van der Waals surface area contributed by atoms with Gasteiger partial charge in [-0.2, -0.15) is 0 Å². The third-order valence-corrected chi connectivity index (χ3v) is 6.57. The lowest BCUT2D eigenvalue weighted by atomic mass is 10.0. The number of phenols is 1. The standard InChI is InChI=1S/C28H35N3O/c1-2-31(20-23-7-3-4-8-23)21-24-10-5-11-25(19-24)27-17-18-29-28(30-27)12-6-9-22-13-15-26(32)16-14-22/h5,10-11,13-19,23,32H,2-4,6-9,12,20-21H2,1H3. The molecule has 1 heterocycles. The van der Waals surface area contributed by atoms with Gasteiger partial charge < -0.3 is 5.11 Å². The Bertz CT molecular complexity index is 980. The molecule has 4 heteroatoms. The average molecular weight is 430 g/mol. The third-order valence-electron chi connectivity index (χ3n) is 6.57. The van der Waals surface area contributed by atoms with Gasteiger partial charge in [-0.05, 0) is 73.5 Å². The lowest BCUT2D eigenvalue weighted by molar-refractivity contribution is 0.235. The van der Waals surface area contributed by atoms with Crippen molar-refractivity contribution in [2.24, 2.45) is 5.92 Å². The van der Waals surface area contributed by atoms with Crippen LogP contribution in [0.5, 0.6) is 5.75 Å². The molecule has 4 nitrogen and oxygen atoms in total. The number of rotatable bonds is 10. The van der Waals surface area contributed by atoms with E-state index >= 15 is 0 Å². The molecule has 2 aromatic carbocycles. The summed E-state index contributed by atoms with van der Waals surface area (Å²) in [5.41, 5.74) is 4.75. The van der Waals surface area contributed by atoms with Gasteiger partial charge in [-0.3, -0.25) is 4.90 Å². The number of phenolic OH excluding ortho intramolecular Hbond substituents is 1. The molecule has 1 saturated carbocycles. The molecule has 0 bridgehead atoms. The molecule has 0 aliphatic heterocycles. The number of benzene rings is 2. The van der Waals surface area contributed by atoms with Gasteiger partial charge in [0.2, 0.25) is 0 Å². The number of hydrogen-bond acceptors (Lipinski definition) is 4. The smallest absolute Gasteiger partial charge is 0.128 e. The number of aryl methyl sites for hydroxylation is 2. The van der Waals surface area contributed by atoms with Crippen LogP contribution in [0.2, 0.25) is 0 Å². The summed E-state index contributed by atoms with van der Waals surface area (Å²) < 4.78 is 0. The first kappa shape index (κ1) is 22.5. The summed E-state index contributed by atoms with van der Waals surface area (Å²) >= 11 is 0. The molecule has 1 aliphatic rings. The summed E-state index contributed by atoms with van der Waals surface area (Å²) in [5.74, 6) is 2.08. The molecule has 168 valence electrons. The van der Waals surface area contributed by atoms with Gasteiger partial charge in [-0.15, -0.1) is 0 Å². The van der Waals surface area contributed by atoms with Gasteiger partial charge >= 0.3 is 0 Å². The van der Waals surface area contributed by atoms with Crippen molar-refractivity contribution in [1.29, 1.82) is 0 Å². The largest absolute Gasteiger partial charge is 0.508 e. The van der Waals surface area contributed by atoms with Crippen molar-refractivity contribution in [2.75, 3.05) is 13.1 Å². The molecule has 0 radical (unpaired) electrons. The zero-order valence-corrected chi connectivity index (χ0v) is 19.2. The van der Waals surface area contributed by atoms with Crippen molar-refractivity contribution < 1.29 is 5.11 Å². The topological polar surface area (TPSA) is 49.2 Å². The van der Waals surface area contributed by atoms with Crippen molar-refractivity contribution in [3.63, 3.8) is 0 Å². The SMILES string of the molecule is CCN(Cc1cccc(-c2ccnc(CCCc3ccc(O)cc3)n2)c1)CC1CCCC1. The highest BCUT2D eigenvalue weighted by Crippen LogP contribution is 2.26. The molecule has 4 rings (SSSR count). The molecule has 0 amide bonds. The van der Waals surface area contributed by atoms with E-state index in [2.05, 4.69) is 41.1 Å². The Hall–Kier alpha value is -2.72. The molecule has 32 heavy (non-hydrogen) atoms. The van der Waals surface area contributed by atoms with Crippen LogP contribution in [-0.4, -0.2) is 33.1 Å². The molecule has 0 spiro atoms. The first-order chi connectivity index (χ1) is 15.7. The van der Waals surface area contributed by atoms with Crippen molar-refractivity contribution in [3.05, 3.63) is 77.7 Å². The van der Waals surface area contributed by atoms with Crippen LogP contribution in [0.1, 0.15) is 56.0 Å². The minimum Gasteiger partial charge on any atom is -0.508 e. The van der Waals surface area contributed by atoms with Gasteiger partial charge in [0.05, 0.1) is 5.69 Å². The maximum absolute atomic E-state index is 9.42. The second-order valence-electron chi connectivity index (χ2n) is 9.06. The lowest BCUT2D eigenvalue weighted by Crippen LogP contribution is -2.28.